The second-order valence-corrected chi connectivity index (χ2v) is 6.02. The predicted octanol–water partition coefficient (Wildman–Crippen LogP) is 1.40. The maximum Gasteiger partial charge on any atom is 0.324 e. The van der Waals surface area contributed by atoms with Crippen LogP contribution in [0.3, 0.4) is 0 Å². The first-order valence-electron chi connectivity index (χ1n) is 7.31. The van der Waals surface area contributed by atoms with Gasteiger partial charge in [-0.15, -0.1) is 0 Å². The van der Waals surface area contributed by atoms with Gasteiger partial charge < -0.3 is 14.5 Å². The number of nitrogens with one attached hydrogen (secondary N) is 1. The third-order valence-corrected chi connectivity index (χ3v) is 4.17. The standard InChI is InChI=1S/C15H15N3O5S/c1-9(13(20)18-7-6-16-14(18)21)22-12(19)8-24-15-17-10-4-2-3-5-11(10)23-15/h2-5,9H,6-8H2,1H3,(H,16,21)/t9-/m1/s1. The van der Waals surface area contributed by atoms with E-state index in [1.54, 1.807) is 6.07 Å². The normalized spacial score (nSPS) is 15.4. The van der Waals surface area contributed by atoms with Gasteiger partial charge in [-0.25, -0.2) is 9.78 Å². The minimum Gasteiger partial charge on any atom is -0.452 e. The SMILES string of the molecule is C[C@@H](OC(=O)CSc1nc2ccccc2o1)C(=O)N1CCNC1=O. The van der Waals surface area contributed by atoms with Crippen molar-refractivity contribution in [2.24, 2.45) is 0 Å². The summed E-state index contributed by atoms with van der Waals surface area (Å²) >= 11 is 1.08. The second-order valence-electron chi connectivity index (χ2n) is 5.09. The van der Waals surface area contributed by atoms with Crippen molar-refractivity contribution in [3.63, 3.8) is 0 Å². The molecule has 126 valence electrons. The Hall–Kier alpha value is -2.55. The van der Waals surface area contributed by atoms with E-state index in [2.05, 4.69) is 10.3 Å². The highest BCUT2D eigenvalue weighted by Crippen LogP contribution is 2.23. The number of benzene rings is 1. The van der Waals surface area contributed by atoms with Crippen molar-refractivity contribution in [2.75, 3.05) is 18.8 Å². The Morgan fingerprint density at radius 2 is 2.25 bits per heavy atom. The maximum absolute atomic E-state index is 12.0. The fraction of sp³-hybridized carbons (Fsp3) is 0.333. The fourth-order valence-corrected chi connectivity index (χ4v) is 2.84. The molecule has 0 spiro atoms. The van der Waals surface area contributed by atoms with E-state index in [9.17, 15) is 14.4 Å². The molecule has 2 aromatic rings. The molecule has 0 radical (unpaired) electrons. The van der Waals surface area contributed by atoms with Gasteiger partial charge in [0.1, 0.15) is 11.3 Å². The first kappa shape index (κ1) is 16.3. The molecule has 0 aliphatic carbocycles. The molecule has 0 bridgehead atoms. The number of carbonyl (C=O) groups excluding carboxylic acids is 3. The lowest BCUT2D eigenvalue weighted by atomic mass is 10.3. The zero-order valence-electron chi connectivity index (χ0n) is 12.9. The lowest BCUT2D eigenvalue weighted by molar-refractivity contribution is -0.155. The summed E-state index contributed by atoms with van der Waals surface area (Å²) in [6.45, 7) is 2.12. The van der Waals surface area contributed by atoms with Gasteiger partial charge in [-0.05, 0) is 19.1 Å². The molecule has 1 atom stereocenters. The van der Waals surface area contributed by atoms with Gasteiger partial charge in [0.05, 0.1) is 0 Å². The number of aromatic nitrogens is 1. The van der Waals surface area contributed by atoms with Crippen LogP contribution in [0.1, 0.15) is 6.92 Å². The number of nitrogens with zero attached hydrogens (tertiary/aromatic N) is 2. The van der Waals surface area contributed by atoms with Crippen LogP contribution in [0.5, 0.6) is 0 Å². The second kappa shape index (κ2) is 6.91. The van der Waals surface area contributed by atoms with Gasteiger partial charge in [-0.2, -0.15) is 0 Å². The number of para-hydroxylation sites is 2. The summed E-state index contributed by atoms with van der Waals surface area (Å²) in [4.78, 5) is 40.6. The van der Waals surface area contributed by atoms with Gasteiger partial charge in [-0.3, -0.25) is 14.5 Å². The number of imide groups is 1. The number of oxazole rings is 1. The van der Waals surface area contributed by atoms with Crippen LogP contribution in [-0.2, 0) is 14.3 Å². The minimum atomic E-state index is -1.02. The number of hydrogen-bond acceptors (Lipinski definition) is 7. The van der Waals surface area contributed by atoms with Crippen molar-refractivity contribution in [2.45, 2.75) is 18.3 Å². The van der Waals surface area contributed by atoms with Crippen LogP contribution in [0.4, 0.5) is 4.79 Å². The maximum atomic E-state index is 12.0. The number of thioether (sulfide) groups is 1. The molecule has 1 aliphatic rings. The number of fused-ring (bicyclic) bond motifs is 1. The van der Waals surface area contributed by atoms with Gasteiger partial charge in [0.2, 0.25) is 0 Å². The highest BCUT2D eigenvalue weighted by molar-refractivity contribution is 7.99. The first-order chi connectivity index (χ1) is 11.5. The Balaban J connectivity index is 1.51. The highest BCUT2D eigenvalue weighted by Gasteiger charge is 2.31. The first-order valence-corrected chi connectivity index (χ1v) is 8.30. The van der Waals surface area contributed by atoms with Crippen LogP contribution >= 0.6 is 11.8 Å². The molecule has 1 aromatic carbocycles. The van der Waals surface area contributed by atoms with E-state index in [0.717, 1.165) is 16.7 Å². The predicted molar refractivity (Wildman–Crippen MR) is 85.4 cm³/mol. The number of carbonyl (C=O) groups is 3. The number of esters is 1. The molecule has 2 heterocycles. The number of amides is 3. The molecule has 0 saturated carbocycles. The Labute approximate surface area is 141 Å². The van der Waals surface area contributed by atoms with Crippen molar-refractivity contribution in [3.8, 4) is 0 Å². The average Bonchev–Trinajstić information content (AvgIpc) is 3.17. The number of hydrogen-bond donors (Lipinski definition) is 1. The van der Waals surface area contributed by atoms with Crippen molar-refractivity contribution in [1.29, 1.82) is 0 Å². The molecule has 1 fully saturated rings. The van der Waals surface area contributed by atoms with E-state index in [1.807, 2.05) is 18.2 Å². The Kier molecular flexibility index (Phi) is 4.70. The summed E-state index contributed by atoms with van der Waals surface area (Å²) in [7, 11) is 0. The fourth-order valence-electron chi connectivity index (χ4n) is 2.22. The van der Waals surface area contributed by atoms with Crippen LogP contribution in [0, 0.1) is 0 Å². The van der Waals surface area contributed by atoms with E-state index >= 15 is 0 Å². The number of rotatable bonds is 5. The van der Waals surface area contributed by atoms with E-state index in [1.165, 1.54) is 6.92 Å². The Morgan fingerprint density at radius 1 is 1.46 bits per heavy atom. The van der Waals surface area contributed by atoms with Crippen LogP contribution in [0.25, 0.3) is 11.1 Å². The van der Waals surface area contributed by atoms with Gasteiger partial charge in [0, 0.05) is 13.1 Å². The summed E-state index contributed by atoms with van der Waals surface area (Å²) in [5.41, 5.74) is 1.34. The lowest BCUT2D eigenvalue weighted by Crippen LogP contribution is -2.42. The molecule has 1 aromatic heterocycles. The topological polar surface area (TPSA) is 102 Å². The summed E-state index contributed by atoms with van der Waals surface area (Å²) in [5.74, 6) is -1.16. The molecular formula is C15H15N3O5S. The quantitative estimate of drug-likeness (QED) is 0.643. The molecule has 3 amide bonds. The van der Waals surface area contributed by atoms with Crippen LogP contribution in [0.15, 0.2) is 33.9 Å². The third kappa shape index (κ3) is 3.51. The zero-order valence-corrected chi connectivity index (χ0v) is 13.7. The van der Waals surface area contributed by atoms with Gasteiger partial charge in [0.15, 0.2) is 11.7 Å². The molecule has 8 nitrogen and oxygen atoms in total. The molecule has 1 saturated heterocycles. The summed E-state index contributed by atoms with van der Waals surface area (Å²) in [6.07, 6.45) is -1.02. The van der Waals surface area contributed by atoms with Crippen molar-refractivity contribution < 1.29 is 23.5 Å². The van der Waals surface area contributed by atoms with E-state index in [0.29, 0.717) is 22.9 Å². The van der Waals surface area contributed by atoms with Gasteiger partial charge >= 0.3 is 12.0 Å². The molecule has 0 unspecified atom stereocenters. The minimum absolute atomic E-state index is 0.0450. The van der Waals surface area contributed by atoms with Crippen LogP contribution in [-0.4, -0.2) is 52.7 Å². The van der Waals surface area contributed by atoms with Gasteiger partial charge in [0.25, 0.3) is 11.1 Å². The average molecular weight is 349 g/mol. The number of urea groups is 1. The summed E-state index contributed by atoms with van der Waals surface area (Å²) in [6, 6.07) is 6.80. The lowest BCUT2D eigenvalue weighted by Gasteiger charge is -2.17. The van der Waals surface area contributed by atoms with Crippen molar-refractivity contribution >= 4 is 40.8 Å². The summed E-state index contributed by atoms with van der Waals surface area (Å²) < 4.78 is 10.6. The molecule has 1 N–H and O–H groups in total. The molecule has 3 rings (SSSR count). The molecule has 1 aliphatic heterocycles. The molecule has 24 heavy (non-hydrogen) atoms. The van der Waals surface area contributed by atoms with Crippen molar-refractivity contribution in [3.05, 3.63) is 24.3 Å². The highest BCUT2D eigenvalue weighted by atomic mass is 32.2. The smallest absolute Gasteiger partial charge is 0.324 e. The largest absolute Gasteiger partial charge is 0.452 e. The molecule has 9 heteroatoms. The zero-order chi connectivity index (χ0) is 17.1. The van der Waals surface area contributed by atoms with Crippen LogP contribution in [0.2, 0.25) is 0 Å². The monoisotopic (exact) mass is 349 g/mol. The van der Waals surface area contributed by atoms with E-state index in [-0.39, 0.29) is 12.3 Å². The van der Waals surface area contributed by atoms with E-state index < -0.39 is 24.0 Å². The van der Waals surface area contributed by atoms with E-state index in [4.69, 9.17) is 9.15 Å². The van der Waals surface area contributed by atoms with Crippen LogP contribution < -0.4 is 5.32 Å². The Bertz CT molecular complexity index is 757. The number of ether oxygens (including phenoxy) is 1. The Morgan fingerprint density at radius 3 is 2.96 bits per heavy atom. The third-order valence-electron chi connectivity index (χ3n) is 3.37. The molecular weight excluding hydrogens is 334 g/mol. The van der Waals surface area contributed by atoms with Crippen molar-refractivity contribution in [1.82, 2.24) is 15.2 Å². The van der Waals surface area contributed by atoms with Gasteiger partial charge in [-0.1, -0.05) is 23.9 Å². The summed E-state index contributed by atoms with van der Waals surface area (Å²) in [5, 5.41) is 2.87.